The van der Waals surface area contributed by atoms with E-state index in [1.54, 1.807) is 12.2 Å². The minimum absolute atomic E-state index is 0.0490. The van der Waals surface area contributed by atoms with Crippen molar-refractivity contribution in [1.29, 1.82) is 0 Å². The molecule has 2 heteroatoms. The highest BCUT2D eigenvalue weighted by atomic mass is 16.1. The number of allylic oxidation sites excluding steroid dienone is 7. The van der Waals surface area contributed by atoms with Crippen LogP contribution in [0.1, 0.15) is 32.6 Å². The Morgan fingerprint density at radius 1 is 1.26 bits per heavy atom. The summed E-state index contributed by atoms with van der Waals surface area (Å²) in [6.07, 6.45) is 15.5. The summed E-state index contributed by atoms with van der Waals surface area (Å²) in [6, 6.07) is 0. The van der Waals surface area contributed by atoms with Gasteiger partial charge in [-0.1, -0.05) is 31.7 Å². The fourth-order valence-corrected chi connectivity index (χ4v) is 5.59. The number of Topliss-reactive ketones (excluding diaryl/α,β-unsaturated/α-hetero) is 1. The molecule has 4 aliphatic rings. The number of rotatable bonds is 1. The van der Waals surface area contributed by atoms with Gasteiger partial charge < -0.3 is 0 Å². The Hall–Kier alpha value is -1.92. The molecule has 0 unspecified atom stereocenters. The molecular weight excluding hydrogens is 284 g/mol. The number of ketones is 2. The predicted molar refractivity (Wildman–Crippen MR) is 89.6 cm³/mol. The minimum Gasteiger partial charge on any atom is -0.299 e. The molecule has 0 saturated heterocycles. The summed E-state index contributed by atoms with van der Waals surface area (Å²) in [7, 11) is 0. The van der Waals surface area contributed by atoms with E-state index in [2.05, 4.69) is 31.4 Å². The molecule has 0 aromatic heterocycles. The summed E-state index contributed by atoms with van der Waals surface area (Å²) >= 11 is 0. The van der Waals surface area contributed by atoms with Crippen molar-refractivity contribution in [3.8, 4) is 0 Å². The molecule has 2 saturated carbocycles. The van der Waals surface area contributed by atoms with Crippen LogP contribution in [-0.2, 0) is 9.59 Å². The number of carbonyl (C=O) groups is 2. The quantitative estimate of drug-likeness (QED) is 0.687. The van der Waals surface area contributed by atoms with E-state index >= 15 is 0 Å². The van der Waals surface area contributed by atoms with Gasteiger partial charge in [-0.15, -0.1) is 5.73 Å². The maximum absolute atomic E-state index is 12.4. The Kier molecular flexibility index (Phi) is 3.05. The first-order valence-corrected chi connectivity index (χ1v) is 8.55. The summed E-state index contributed by atoms with van der Waals surface area (Å²) in [5.41, 5.74) is 3.60. The van der Waals surface area contributed by atoms with Gasteiger partial charge in [0, 0.05) is 17.3 Å². The van der Waals surface area contributed by atoms with E-state index in [1.807, 2.05) is 12.2 Å². The Morgan fingerprint density at radius 3 is 2.87 bits per heavy atom. The zero-order valence-electron chi connectivity index (χ0n) is 13.5. The standard InChI is InChI=1S/C21H22O2/c1-3-10-21-12-8-15(22)13-14(21)4-5-16-17-6-7-19(23)20(17,2)11-9-18(16)21/h4-5,8,10,12-13,16-18H,1,6-7,9,11H2,2H3/t16-,17-,18-,20-,21-/m0/s1. The van der Waals surface area contributed by atoms with Crippen molar-refractivity contribution in [2.75, 3.05) is 0 Å². The van der Waals surface area contributed by atoms with Crippen LogP contribution in [-0.4, -0.2) is 11.6 Å². The summed E-state index contributed by atoms with van der Waals surface area (Å²) < 4.78 is 0. The van der Waals surface area contributed by atoms with Crippen LogP contribution in [0.3, 0.4) is 0 Å². The van der Waals surface area contributed by atoms with E-state index in [1.165, 1.54) is 0 Å². The second kappa shape index (κ2) is 4.79. The average Bonchev–Trinajstić information content (AvgIpc) is 2.84. The van der Waals surface area contributed by atoms with Crippen LogP contribution < -0.4 is 0 Å². The number of carbonyl (C=O) groups excluding carboxylic acids is 2. The molecule has 0 spiro atoms. The molecular formula is C21H22O2. The fraction of sp³-hybridized carbons (Fsp3) is 0.476. The van der Waals surface area contributed by atoms with Crippen molar-refractivity contribution in [1.82, 2.24) is 0 Å². The van der Waals surface area contributed by atoms with Gasteiger partial charge in [0.25, 0.3) is 0 Å². The van der Waals surface area contributed by atoms with E-state index in [4.69, 9.17) is 0 Å². The van der Waals surface area contributed by atoms with Crippen molar-refractivity contribution in [2.45, 2.75) is 32.6 Å². The third-order valence-corrected chi connectivity index (χ3v) is 6.82. The second-order valence-corrected chi connectivity index (χ2v) is 7.68. The average molecular weight is 306 g/mol. The van der Waals surface area contributed by atoms with Crippen molar-refractivity contribution >= 4 is 11.6 Å². The third kappa shape index (κ3) is 1.82. The fourth-order valence-electron chi connectivity index (χ4n) is 5.59. The second-order valence-electron chi connectivity index (χ2n) is 7.68. The molecule has 118 valence electrons. The molecule has 0 aromatic carbocycles. The highest BCUT2D eigenvalue weighted by Crippen LogP contribution is 2.62. The Morgan fingerprint density at radius 2 is 2.09 bits per heavy atom. The molecule has 0 heterocycles. The van der Waals surface area contributed by atoms with Crippen LogP contribution in [0.5, 0.6) is 0 Å². The first kappa shape index (κ1) is 14.7. The maximum atomic E-state index is 12.4. The van der Waals surface area contributed by atoms with Gasteiger partial charge in [0.05, 0.1) is 0 Å². The normalized spacial score (nSPS) is 44.0. The van der Waals surface area contributed by atoms with Crippen LogP contribution in [0.2, 0.25) is 0 Å². The van der Waals surface area contributed by atoms with Crippen molar-refractivity contribution < 1.29 is 9.59 Å². The zero-order valence-corrected chi connectivity index (χ0v) is 13.5. The van der Waals surface area contributed by atoms with E-state index in [0.717, 1.165) is 31.3 Å². The molecule has 0 bridgehead atoms. The Balaban J connectivity index is 1.84. The topological polar surface area (TPSA) is 34.1 Å². The molecule has 23 heavy (non-hydrogen) atoms. The smallest absolute Gasteiger partial charge is 0.178 e. The molecule has 0 amide bonds. The monoisotopic (exact) mass is 306 g/mol. The van der Waals surface area contributed by atoms with E-state index < -0.39 is 0 Å². The summed E-state index contributed by atoms with van der Waals surface area (Å²) in [5, 5.41) is 0. The molecule has 5 atom stereocenters. The van der Waals surface area contributed by atoms with Crippen LogP contribution in [0.4, 0.5) is 0 Å². The van der Waals surface area contributed by atoms with E-state index in [0.29, 0.717) is 23.5 Å². The number of hydrogen-bond acceptors (Lipinski definition) is 2. The van der Waals surface area contributed by atoms with Gasteiger partial charge in [0.15, 0.2) is 5.78 Å². The lowest BCUT2D eigenvalue weighted by Gasteiger charge is -2.53. The summed E-state index contributed by atoms with van der Waals surface area (Å²) in [6.45, 7) is 5.95. The summed E-state index contributed by atoms with van der Waals surface area (Å²) in [4.78, 5) is 24.2. The van der Waals surface area contributed by atoms with Crippen LogP contribution in [0.25, 0.3) is 0 Å². The van der Waals surface area contributed by atoms with Gasteiger partial charge in [0.1, 0.15) is 5.78 Å². The molecule has 2 fully saturated rings. The summed E-state index contributed by atoms with van der Waals surface area (Å²) in [5.74, 6) is 1.69. The highest BCUT2D eigenvalue weighted by molar-refractivity contribution is 6.02. The molecule has 0 aliphatic heterocycles. The molecule has 0 radical (unpaired) electrons. The molecule has 2 nitrogen and oxygen atoms in total. The largest absolute Gasteiger partial charge is 0.299 e. The highest BCUT2D eigenvalue weighted by Gasteiger charge is 2.58. The van der Waals surface area contributed by atoms with Crippen molar-refractivity contribution in [3.05, 3.63) is 54.3 Å². The molecule has 0 N–H and O–H groups in total. The van der Waals surface area contributed by atoms with Gasteiger partial charge in [-0.3, -0.25) is 9.59 Å². The number of hydrogen-bond donors (Lipinski definition) is 0. The molecule has 4 aliphatic carbocycles. The lowest BCUT2D eigenvalue weighted by molar-refractivity contribution is -0.129. The lowest BCUT2D eigenvalue weighted by Crippen LogP contribution is -2.48. The van der Waals surface area contributed by atoms with E-state index in [9.17, 15) is 9.59 Å². The zero-order chi connectivity index (χ0) is 16.2. The maximum Gasteiger partial charge on any atom is 0.178 e. The molecule has 4 rings (SSSR count). The predicted octanol–water partition coefficient (Wildman–Crippen LogP) is 3.96. The van der Waals surface area contributed by atoms with Crippen molar-refractivity contribution in [2.24, 2.45) is 28.6 Å². The molecule has 0 aromatic rings. The van der Waals surface area contributed by atoms with Crippen molar-refractivity contribution in [3.63, 3.8) is 0 Å². The van der Waals surface area contributed by atoms with Crippen LogP contribution in [0.15, 0.2) is 54.3 Å². The van der Waals surface area contributed by atoms with Crippen LogP contribution >= 0.6 is 0 Å². The SMILES string of the molecule is C=C=C[C@]12C=CC(=O)C=C1C=C[C@@H]1[C@@H]2CC[C@]2(C)C(=O)CC[C@@H]12. The van der Waals surface area contributed by atoms with Gasteiger partial charge in [-0.25, -0.2) is 0 Å². The van der Waals surface area contributed by atoms with E-state index in [-0.39, 0.29) is 16.6 Å². The lowest BCUT2D eigenvalue weighted by atomic mass is 9.50. The van der Waals surface area contributed by atoms with Crippen LogP contribution in [0, 0.1) is 28.6 Å². The van der Waals surface area contributed by atoms with Gasteiger partial charge in [0.2, 0.25) is 0 Å². The first-order chi connectivity index (χ1) is 11.0. The number of fused-ring (bicyclic) bond motifs is 5. The minimum atomic E-state index is -0.276. The first-order valence-electron chi connectivity index (χ1n) is 8.55. The van der Waals surface area contributed by atoms with Gasteiger partial charge >= 0.3 is 0 Å². The van der Waals surface area contributed by atoms with Gasteiger partial charge in [-0.05, 0) is 60.8 Å². The Bertz CT molecular complexity index is 731. The van der Waals surface area contributed by atoms with Gasteiger partial charge in [-0.2, -0.15) is 0 Å². The third-order valence-electron chi connectivity index (χ3n) is 6.82. The Labute approximate surface area is 137 Å².